The third kappa shape index (κ3) is 4.27. The first-order valence-corrected chi connectivity index (χ1v) is 10.0. The molecule has 3 heterocycles. The lowest BCUT2D eigenvalue weighted by Crippen LogP contribution is -2.43. The van der Waals surface area contributed by atoms with Crippen LogP contribution >= 0.6 is 11.3 Å². The van der Waals surface area contributed by atoms with Gasteiger partial charge in [0, 0.05) is 26.1 Å². The fourth-order valence-electron chi connectivity index (χ4n) is 3.44. The fraction of sp³-hybridized carbons (Fsp3) is 0.450. The van der Waals surface area contributed by atoms with E-state index in [2.05, 4.69) is 0 Å². The van der Waals surface area contributed by atoms with Crippen LogP contribution < -0.4 is 0 Å². The smallest absolute Gasteiger partial charge is 0.341 e. The van der Waals surface area contributed by atoms with Crippen LogP contribution in [0.15, 0.2) is 28.0 Å². The van der Waals surface area contributed by atoms with Gasteiger partial charge < -0.3 is 19.0 Å². The molecule has 0 saturated carbocycles. The topological polar surface area (TPSA) is 80.1 Å². The molecule has 1 saturated heterocycles. The number of methoxy groups -OCH3 is 1. The molecule has 0 N–H and O–H groups in total. The predicted octanol–water partition coefficient (Wildman–Crippen LogP) is 2.95. The van der Waals surface area contributed by atoms with E-state index < -0.39 is 5.97 Å². The zero-order valence-electron chi connectivity index (χ0n) is 16.3. The average molecular weight is 404 g/mol. The molecule has 0 spiro atoms. The number of ether oxygens (including phenoxy) is 1. The second kappa shape index (κ2) is 8.60. The van der Waals surface area contributed by atoms with Crippen LogP contribution in [0.2, 0.25) is 0 Å². The van der Waals surface area contributed by atoms with Crippen molar-refractivity contribution in [3.05, 3.63) is 45.5 Å². The summed E-state index contributed by atoms with van der Waals surface area (Å²) in [4.78, 5) is 41.0. The van der Waals surface area contributed by atoms with Gasteiger partial charge >= 0.3 is 5.97 Å². The van der Waals surface area contributed by atoms with Gasteiger partial charge in [0.25, 0.3) is 5.91 Å². The van der Waals surface area contributed by atoms with Crippen molar-refractivity contribution in [1.82, 2.24) is 9.80 Å². The Morgan fingerprint density at radius 2 is 2.04 bits per heavy atom. The molecule has 0 radical (unpaired) electrons. The van der Waals surface area contributed by atoms with E-state index in [4.69, 9.17) is 9.15 Å². The Morgan fingerprint density at radius 3 is 2.64 bits per heavy atom. The van der Waals surface area contributed by atoms with Crippen molar-refractivity contribution in [2.24, 2.45) is 5.92 Å². The standard InChI is InChI=1S/C20H24N2O5S/c1-13-16(20(25)26-3)11-15(27-13)12-21(2)18(23)14-6-8-22(9-7-14)19(24)17-5-4-10-28-17/h4-5,10-11,14H,6-9,12H2,1-3H3. The highest BCUT2D eigenvalue weighted by Gasteiger charge is 2.30. The Balaban J connectivity index is 1.55. The molecular weight excluding hydrogens is 380 g/mol. The maximum atomic E-state index is 12.8. The van der Waals surface area contributed by atoms with E-state index in [1.54, 1.807) is 24.9 Å². The summed E-state index contributed by atoms with van der Waals surface area (Å²) in [6.07, 6.45) is 1.29. The highest BCUT2D eigenvalue weighted by Crippen LogP contribution is 2.23. The van der Waals surface area contributed by atoms with Crippen LogP contribution in [0.3, 0.4) is 0 Å². The third-order valence-corrected chi connectivity index (χ3v) is 5.86. The van der Waals surface area contributed by atoms with Gasteiger partial charge in [0.05, 0.1) is 18.5 Å². The summed E-state index contributed by atoms with van der Waals surface area (Å²) in [5.74, 6) is 0.507. The SMILES string of the molecule is COC(=O)c1cc(CN(C)C(=O)C2CCN(C(=O)c3cccs3)CC2)oc1C. The van der Waals surface area contributed by atoms with Crippen LogP contribution in [0, 0.1) is 12.8 Å². The second-order valence-corrected chi connectivity index (χ2v) is 7.86. The largest absolute Gasteiger partial charge is 0.465 e. The van der Waals surface area contributed by atoms with Gasteiger partial charge in [-0.1, -0.05) is 6.07 Å². The summed E-state index contributed by atoms with van der Waals surface area (Å²) in [6, 6.07) is 5.31. The number of aryl methyl sites for hydroxylation is 1. The molecule has 8 heteroatoms. The van der Waals surface area contributed by atoms with Gasteiger partial charge in [-0.05, 0) is 37.3 Å². The first-order valence-electron chi connectivity index (χ1n) is 9.16. The molecule has 0 bridgehead atoms. The van der Waals surface area contributed by atoms with Gasteiger partial charge in [-0.25, -0.2) is 4.79 Å². The van der Waals surface area contributed by atoms with E-state index in [1.807, 2.05) is 22.4 Å². The van der Waals surface area contributed by atoms with Crippen LogP contribution in [-0.4, -0.2) is 54.8 Å². The number of carbonyl (C=O) groups is 3. The normalized spacial score (nSPS) is 14.8. The number of hydrogen-bond acceptors (Lipinski definition) is 6. The van der Waals surface area contributed by atoms with Gasteiger partial charge in [0.15, 0.2) is 0 Å². The molecule has 3 rings (SSSR count). The van der Waals surface area contributed by atoms with Crippen molar-refractivity contribution in [2.45, 2.75) is 26.3 Å². The van der Waals surface area contributed by atoms with Gasteiger partial charge in [-0.2, -0.15) is 0 Å². The molecule has 0 atom stereocenters. The highest BCUT2D eigenvalue weighted by molar-refractivity contribution is 7.12. The van der Waals surface area contributed by atoms with E-state index in [1.165, 1.54) is 18.4 Å². The molecule has 0 aromatic carbocycles. The molecule has 7 nitrogen and oxygen atoms in total. The number of esters is 1. The van der Waals surface area contributed by atoms with Crippen LogP contribution in [0.25, 0.3) is 0 Å². The number of hydrogen-bond donors (Lipinski definition) is 0. The molecule has 1 aliphatic rings. The molecule has 0 unspecified atom stereocenters. The lowest BCUT2D eigenvalue weighted by molar-refractivity contribution is -0.136. The van der Waals surface area contributed by atoms with Crippen molar-refractivity contribution in [2.75, 3.05) is 27.2 Å². The van der Waals surface area contributed by atoms with Crippen LogP contribution in [0.1, 0.15) is 44.4 Å². The first kappa shape index (κ1) is 20.1. The van der Waals surface area contributed by atoms with E-state index in [0.29, 0.717) is 43.0 Å². The molecule has 2 aromatic rings. The minimum Gasteiger partial charge on any atom is -0.465 e. The number of nitrogens with zero attached hydrogens (tertiary/aromatic N) is 2. The van der Waals surface area contributed by atoms with E-state index in [9.17, 15) is 14.4 Å². The number of furan rings is 1. The van der Waals surface area contributed by atoms with E-state index >= 15 is 0 Å². The van der Waals surface area contributed by atoms with Crippen LogP contribution in [0.5, 0.6) is 0 Å². The number of rotatable bonds is 5. The van der Waals surface area contributed by atoms with Crippen molar-refractivity contribution in [3.63, 3.8) is 0 Å². The summed E-state index contributed by atoms with van der Waals surface area (Å²) in [5.41, 5.74) is 0.374. The minimum atomic E-state index is -0.454. The summed E-state index contributed by atoms with van der Waals surface area (Å²) in [7, 11) is 3.04. The monoisotopic (exact) mass is 404 g/mol. The molecule has 1 aliphatic heterocycles. The summed E-state index contributed by atoms with van der Waals surface area (Å²) in [6.45, 7) is 3.13. The fourth-order valence-corrected chi connectivity index (χ4v) is 4.13. The lowest BCUT2D eigenvalue weighted by atomic mass is 9.95. The highest BCUT2D eigenvalue weighted by atomic mass is 32.1. The number of piperidine rings is 1. The first-order chi connectivity index (χ1) is 13.4. The van der Waals surface area contributed by atoms with Gasteiger partial charge in [0.1, 0.15) is 17.1 Å². The Hall–Kier alpha value is -2.61. The van der Waals surface area contributed by atoms with Gasteiger partial charge in [0.2, 0.25) is 5.91 Å². The van der Waals surface area contributed by atoms with Crippen LogP contribution in [-0.2, 0) is 16.1 Å². The average Bonchev–Trinajstić information content (AvgIpc) is 3.36. The molecule has 28 heavy (non-hydrogen) atoms. The Bertz CT molecular complexity index is 850. The zero-order valence-corrected chi connectivity index (χ0v) is 17.1. The number of carbonyl (C=O) groups excluding carboxylic acids is 3. The molecule has 0 aliphatic carbocycles. The second-order valence-electron chi connectivity index (χ2n) is 6.91. The molecule has 2 amide bonds. The minimum absolute atomic E-state index is 0.0249. The Kier molecular flexibility index (Phi) is 6.18. The van der Waals surface area contributed by atoms with Crippen LogP contribution in [0.4, 0.5) is 0 Å². The van der Waals surface area contributed by atoms with Crippen molar-refractivity contribution < 1.29 is 23.5 Å². The Labute approximate surface area is 167 Å². The quantitative estimate of drug-likeness (QED) is 0.716. The zero-order chi connectivity index (χ0) is 20.3. The summed E-state index contributed by atoms with van der Waals surface area (Å²) < 4.78 is 10.3. The number of likely N-dealkylation sites (tertiary alicyclic amines) is 1. The molecular formula is C20H24N2O5S. The lowest BCUT2D eigenvalue weighted by Gasteiger charge is -2.32. The number of amides is 2. The summed E-state index contributed by atoms with van der Waals surface area (Å²) in [5, 5.41) is 1.89. The van der Waals surface area contributed by atoms with E-state index in [-0.39, 0.29) is 24.3 Å². The maximum Gasteiger partial charge on any atom is 0.341 e. The summed E-state index contributed by atoms with van der Waals surface area (Å²) >= 11 is 1.43. The third-order valence-electron chi connectivity index (χ3n) is 5.01. The van der Waals surface area contributed by atoms with Crippen molar-refractivity contribution in [1.29, 1.82) is 0 Å². The Morgan fingerprint density at radius 1 is 1.32 bits per heavy atom. The van der Waals surface area contributed by atoms with Crippen molar-refractivity contribution >= 4 is 29.1 Å². The van der Waals surface area contributed by atoms with Gasteiger partial charge in [-0.15, -0.1) is 11.3 Å². The molecule has 1 fully saturated rings. The number of thiophene rings is 1. The van der Waals surface area contributed by atoms with E-state index in [0.717, 1.165) is 4.88 Å². The predicted molar refractivity (Wildman–Crippen MR) is 104 cm³/mol. The maximum absolute atomic E-state index is 12.8. The molecule has 150 valence electrons. The van der Waals surface area contributed by atoms with Gasteiger partial charge in [-0.3, -0.25) is 9.59 Å². The van der Waals surface area contributed by atoms with Crippen molar-refractivity contribution in [3.8, 4) is 0 Å². The molecule has 2 aromatic heterocycles.